The Balaban J connectivity index is 1.82. The molecule has 1 atom stereocenters. The number of nitrogens with two attached hydrogens (primary N) is 1. The van der Waals surface area contributed by atoms with Gasteiger partial charge < -0.3 is 16.0 Å². The summed E-state index contributed by atoms with van der Waals surface area (Å²) in [7, 11) is 0. The van der Waals surface area contributed by atoms with Gasteiger partial charge in [0.25, 0.3) is 0 Å². The summed E-state index contributed by atoms with van der Waals surface area (Å²) in [5, 5.41) is 2.90. The van der Waals surface area contributed by atoms with Crippen molar-refractivity contribution in [3.63, 3.8) is 0 Å². The fourth-order valence-electron chi connectivity index (χ4n) is 2.72. The molecule has 21 heavy (non-hydrogen) atoms. The monoisotopic (exact) mass is 289 g/mol. The van der Waals surface area contributed by atoms with Crippen LogP contribution in [0.5, 0.6) is 0 Å². The van der Waals surface area contributed by atoms with Crippen LogP contribution in [0.3, 0.4) is 0 Å². The molecule has 1 unspecified atom stereocenters. The molecule has 5 nitrogen and oxygen atoms in total. The fraction of sp³-hybridized carbons (Fsp3) is 0.500. The Morgan fingerprint density at radius 1 is 1.29 bits per heavy atom. The minimum atomic E-state index is -0.496. The van der Waals surface area contributed by atoms with Crippen molar-refractivity contribution in [2.45, 2.75) is 38.3 Å². The summed E-state index contributed by atoms with van der Waals surface area (Å²) in [4.78, 5) is 25.2. The largest absolute Gasteiger partial charge is 0.353 e. The highest BCUT2D eigenvalue weighted by Gasteiger charge is 2.26. The molecule has 3 N–H and O–H groups in total. The third-order valence-corrected chi connectivity index (χ3v) is 3.83. The average Bonchev–Trinajstić information content (AvgIpc) is 2.47. The van der Waals surface area contributed by atoms with Crippen LogP contribution in [0.15, 0.2) is 30.3 Å². The number of piperidine rings is 1. The quantitative estimate of drug-likeness (QED) is 0.856. The van der Waals surface area contributed by atoms with Crippen LogP contribution >= 0.6 is 0 Å². The summed E-state index contributed by atoms with van der Waals surface area (Å²) in [5.74, 6) is -0.0133. The van der Waals surface area contributed by atoms with Gasteiger partial charge in [-0.15, -0.1) is 0 Å². The van der Waals surface area contributed by atoms with Crippen molar-refractivity contribution >= 4 is 11.8 Å². The molecule has 5 heteroatoms. The summed E-state index contributed by atoms with van der Waals surface area (Å²) in [6.45, 7) is 2.84. The molecule has 2 amide bonds. The molecule has 1 aliphatic rings. The maximum atomic E-state index is 12.3. The number of amides is 2. The molecule has 0 saturated carbocycles. The van der Waals surface area contributed by atoms with Gasteiger partial charge in [0, 0.05) is 26.1 Å². The summed E-state index contributed by atoms with van der Waals surface area (Å²) >= 11 is 0. The van der Waals surface area contributed by atoms with Gasteiger partial charge in [0.2, 0.25) is 11.8 Å². The van der Waals surface area contributed by atoms with Crippen LogP contribution in [0.25, 0.3) is 0 Å². The normalized spacial score (nSPS) is 17.3. The van der Waals surface area contributed by atoms with E-state index in [1.165, 1.54) is 6.92 Å². The first-order chi connectivity index (χ1) is 10.1. The molecule has 1 fully saturated rings. The molecule has 1 heterocycles. The highest BCUT2D eigenvalue weighted by molar-refractivity contribution is 5.82. The van der Waals surface area contributed by atoms with Crippen molar-refractivity contribution < 1.29 is 9.59 Å². The minimum absolute atomic E-state index is 0.000119. The van der Waals surface area contributed by atoms with Crippen LogP contribution < -0.4 is 11.1 Å². The molecule has 2 rings (SSSR count). The predicted octanol–water partition coefficient (Wildman–Crippen LogP) is 0.684. The second-order valence-electron chi connectivity index (χ2n) is 5.60. The number of rotatable bonds is 4. The zero-order valence-electron chi connectivity index (χ0n) is 12.4. The van der Waals surface area contributed by atoms with Gasteiger partial charge in [-0.05, 0) is 24.8 Å². The number of nitrogens with zero attached hydrogens (tertiary/aromatic N) is 1. The molecule has 1 aromatic carbocycles. The van der Waals surface area contributed by atoms with E-state index in [9.17, 15) is 9.59 Å². The number of carbonyl (C=O) groups is 2. The second kappa shape index (κ2) is 7.22. The van der Waals surface area contributed by atoms with Crippen LogP contribution in [-0.4, -0.2) is 41.9 Å². The van der Waals surface area contributed by atoms with Crippen LogP contribution in [0.1, 0.15) is 25.3 Å². The first-order valence-electron chi connectivity index (χ1n) is 7.41. The van der Waals surface area contributed by atoms with E-state index in [0.717, 1.165) is 18.4 Å². The number of nitrogens with one attached hydrogen (secondary N) is 1. The Bertz CT molecular complexity index is 482. The number of carbonyl (C=O) groups excluding carboxylic acids is 2. The lowest BCUT2D eigenvalue weighted by Crippen LogP contribution is -2.51. The number of hydrogen-bond acceptors (Lipinski definition) is 3. The number of likely N-dealkylation sites (tertiary alicyclic amines) is 1. The SMILES string of the molecule is CC(=O)NC1CCN(C(=O)C(N)Cc2ccccc2)CC1. The summed E-state index contributed by atoms with van der Waals surface area (Å²) in [6.07, 6.45) is 2.15. The predicted molar refractivity (Wildman–Crippen MR) is 81.5 cm³/mol. The summed E-state index contributed by atoms with van der Waals surface area (Å²) in [6, 6.07) is 9.49. The van der Waals surface area contributed by atoms with E-state index in [1.54, 1.807) is 0 Å². The Hall–Kier alpha value is -1.88. The van der Waals surface area contributed by atoms with E-state index in [4.69, 9.17) is 5.73 Å². The first-order valence-corrected chi connectivity index (χ1v) is 7.41. The maximum absolute atomic E-state index is 12.3. The van der Waals surface area contributed by atoms with Gasteiger partial charge in [-0.1, -0.05) is 30.3 Å². The van der Waals surface area contributed by atoms with Crippen LogP contribution in [0.4, 0.5) is 0 Å². The lowest BCUT2D eigenvalue weighted by Gasteiger charge is -2.33. The maximum Gasteiger partial charge on any atom is 0.239 e. The first kappa shape index (κ1) is 15.5. The van der Waals surface area contributed by atoms with Crippen LogP contribution in [0.2, 0.25) is 0 Å². The summed E-state index contributed by atoms with van der Waals surface area (Å²) in [5.41, 5.74) is 7.11. The van der Waals surface area contributed by atoms with Gasteiger partial charge in [-0.3, -0.25) is 9.59 Å². The van der Waals surface area contributed by atoms with Crippen molar-refractivity contribution in [2.24, 2.45) is 5.73 Å². The van der Waals surface area contributed by atoms with Crippen molar-refractivity contribution in [1.29, 1.82) is 0 Å². The van der Waals surface area contributed by atoms with Gasteiger partial charge in [-0.25, -0.2) is 0 Å². The van der Waals surface area contributed by atoms with Crippen molar-refractivity contribution in [3.05, 3.63) is 35.9 Å². The van der Waals surface area contributed by atoms with Crippen molar-refractivity contribution in [2.75, 3.05) is 13.1 Å². The van der Waals surface area contributed by atoms with E-state index >= 15 is 0 Å². The highest BCUT2D eigenvalue weighted by Crippen LogP contribution is 2.12. The van der Waals surface area contributed by atoms with Gasteiger partial charge >= 0.3 is 0 Å². The standard InChI is InChI=1S/C16H23N3O2/c1-12(20)18-14-7-9-19(10-8-14)16(21)15(17)11-13-5-3-2-4-6-13/h2-6,14-15H,7-11,17H2,1H3,(H,18,20). The fourth-order valence-corrected chi connectivity index (χ4v) is 2.72. The number of hydrogen-bond donors (Lipinski definition) is 2. The molecule has 0 bridgehead atoms. The minimum Gasteiger partial charge on any atom is -0.353 e. The van der Waals surface area contributed by atoms with E-state index < -0.39 is 6.04 Å². The van der Waals surface area contributed by atoms with E-state index in [0.29, 0.717) is 19.5 Å². The Morgan fingerprint density at radius 2 is 1.90 bits per heavy atom. The molecule has 1 aliphatic heterocycles. The molecule has 1 aromatic rings. The van der Waals surface area contributed by atoms with Gasteiger partial charge in [0.1, 0.15) is 0 Å². The smallest absolute Gasteiger partial charge is 0.239 e. The van der Waals surface area contributed by atoms with Gasteiger partial charge in [0.15, 0.2) is 0 Å². The Morgan fingerprint density at radius 3 is 2.48 bits per heavy atom. The van der Waals surface area contributed by atoms with Crippen molar-refractivity contribution in [3.8, 4) is 0 Å². The highest BCUT2D eigenvalue weighted by atomic mass is 16.2. The van der Waals surface area contributed by atoms with E-state index in [2.05, 4.69) is 5.32 Å². The Kier molecular flexibility index (Phi) is 5.33. The third kappa shape index (κ3) is 4.56. The molecule has 114 valence electrons. The molecule has 0 radical (unpaired) electrons. The molecule has 0 aromatic heterocycles. The topological polar surface area (TPSA) is 75.4 Å². The zero-order chi connectivity index (χ0) is 15.2. The van der Waals surface area contributed by atoms with Crippen molar-refractivity contribution in [1.82, 2.24) is 10.2 Å². The van der Waals surface area contributed by atoms with Crippen LogP contribution in [-0.2, 0) is 16.0 Å². The molecular weight excluding hydrogens is 266 g/mol. The zero-order valence-corrected chi connectivity index (χ0v) is 12.4. The Labute approximate surface area is 125 Å². The van der Waals surface area contributed by atoms with Crippen LogP contribution in [0, 0.1) is 0 Å². The average molecular weight is 289 g/mol. The lowest BCUT2D eigenvalue weighted by atomic mass is 10.0. The molecule has 0 spiro atoms. The number of benzene rings is 1. The lowest BCUT2D eigenvalue weighted by molar-refractivity contribution is -0.133. The molecule has 1 saturated heterocycles. The second-order valence-corrected chi connectivity index (χ2v) is 5.60. The third-order valence-electron chi connectivity index (χ3n) is 3.83. The van der Waals surface area contributed by atoms with E-state index in [-0.39, 0.29) is 17.9 Å². The molecular formula is C16H23N3O2. The molecule has 0 aliphatic carbocycles. The summed E-state index contributed by atoms with van der Waals surface area (Å²) < 4.78 is 0. The van der Waals surface area contributed by atoms with E-state index in [1.807, 2.05) is 35.2 Å². The van der Waals surface area contributed by atoms with Gasteiger partial charge in [0.05, 0.1) is 6.04 Å². The van der Waals surface area contributed by atoms with Gasteiger partial charge in [-0.2, -0.15) is 0 Å².